The van der Waals surface area contributed by atoms with Crippen LogP contribution in [0.15, 0.2) is 30.5 Å². The number of tetrazole rings is 1. The van der Waals surface area contributed by atoms with Gasteiger partial charge in [0.25, 0.3) is 0 Å². The molecule has 6 heteroatoms. The molecule has 0 unspecified atom stereocenters. The SMILES string of the molecule is c1ccc2c(-n3nnc(C4CCNCC4)n3)c[nH]c2c1. The van der Waals surface area contributed by atoms with Gasteiger partial charge < -0.3 is 10.3 Å². The van der Waals surface area contributed by atoms with Crippen LogP contribution in [0.2, 0.25) is 0 Å². The summed E-state index contributed by atoms with van der Waals surface area (Å²) in [5, 5.41) is 17.5. The maximum absolute atomic E-state index is 4.57. The van der Waals surface area contributed by atoms with Crippen molar-refractivity contribution in [2.45, 2.75) is 18.8 Å². The fourth-order valence-corrected chi connectivity index (χ4v) is 2.79. The van der Waals surface area contributed by atoms with Gasteiger partial charge in [0.2, 0.25) is 0 Å². The molecule has 20 heavy (non-hydrogen) atoms. The third kappa shape index (κ3) is 1.89. The molecule has 0 saturated carbocycles. The first-order valence-electron chi connectivity index (χ1n) is 6.99. The highest BCUT2D eigenvalue weighted by atomic mass is 15.6. The lowest BCUT2D eigenvalue weighted by atomic mass is 9.98. The van der Waals surface area contributed by atoms with Gasteiger partial charge in [-0.05, 0) is 37.2 Å². The molecule has 2 aromatic heterocycles. The van der Waals surface area contributed by atoms with E-state index in [0.717, 1.165) is 48.3 Å². The number of aromatic nitrogens is 5. The van der Waals surface area contributed by atoms with Crippen molar-refractivity contribution >= 4 is 10.9 Å². The Kier molecular flexibility index (Phi) is 2.74. The van der Waals surface area contributed by atoms with Gasteiger partial charge >= 0.3 is 0 Å². The van der Waals surface area contributed by atoms with Crippen molar-refractivity contribution in [1.29, 1.82) is 0 Å². The number of rotatable bonds is 2. The molecule has 1 aliphatic heterocycles. The van der Waals surface area contributed by atoms with E-state index in [4.69, 9.17) is 0 Å². The highest BCUT2D eigenvalue weighted by Crippen LogP contribution is 2.23. The van der Waals surface area contributed by atoms with E-state index in [1.807, 2.05) is 24.4 Å². The Morgan fingerprint density at radius 3 is 2.90 bits per heavy atom. The zero-order valence-electron chi connectivity index (χ0n) is 11.1. The van der Waals surface area contributed by atoms with Crippen LogP contribution in [-0.4, -0.2) is 38.3 Å². The van der Waals surface area contributed by atoms with Crippen LogP contribution in [-0.2, 0) is 0 Å². The number of para-hydroxylation sites is 1. The van der Waals surface area contributed by atoms with Crippen molar-refractivity contribution in [3.63, 3.8) is 0 Å². The summed E-state index contributed by atoms with van der Waals surface area (Å²) in [7, 11) is 0. The fourth-order valence-electron chi connectivity index (χ4n) is 2.79. The van der Waals surface area contributed by atoms with Gasteiger partial charge in [-0.15, -0.1) is 15.0 Å². The summed E-state index contributed by atoms with van der Waals surface area (Å²) in [4.78, 5) is 4.87. The van der Waals surface area contributed by atoms with Crippen LogP contribution in [0.3, 0.4) is 0 Å². The molecular weight excluding hydrogens is 252 g/mol. The average molecular weight is 268 g/mol. The Hall–Kier alpha value is -2.21. The fraction of sp³-hybridized carbons (Fsp3) is 0.357. The largest absolute Gasteiger partial charge is 0.359 e. The zero-order valence-corrected chi connectivity index (χ0v) is 11.1. The molecule has 1 saturated heterocycles. The Balaban J connectivity index is 1.70. The van der Waals surface area contributed by atoms with Crippen molar-refractivity contribution < 1.29 is 0 Å². The van der Waals surface area contributed by atoms with Crippen molar-refractivity contribution in [3.05, 3.63) is 36.3 Å². The number of hydrogen-bond donors (Lipinski definition) is 2. The standard InChI is InChI=1S/C14H16N6/c1-2-4-12-11(3-1)13(9-16-12)20-18-14(17-19-20)10-5-7-15-8-6-10/h1-4,9-10,15-16H,5-8H2. The number of H-pyrrole nitrogens is 1. The molecule has 0 amide bonds. The number of piperidine rings is 1. The van der Waals surface area contributed by atoms with E-state index in [-0.39, 0.29) is 0 Å². The van der Waals surface area contributed by atoms with Crippen molar-refractivity contribution in [1.82, 2.24) is 30.5 Å². The molecule has 0 spiro atoms. The Bertz CT molecular complexity index is 722. The molecule has 3 aromatic rings. The van der Waals surface area contributed by atoms with Crippen LogP contribution in [0.1, 0.15) is 24.6 Å². The predicted molar refractivity (Wildman–Crippen MR) is 75.9 cm³/mol. The highest BCUT2D eigenvalue weighted by molar-refractivity contribution is 5.87. The van der Waals surface area contributed by atoms with E-state index in [2.05, 4.69) is 31.8 Å². The zero-order chi connectivity index (χ0) is 13.4. The van der Waals surface area contributed by atoms with Crippen molar-refractivity contribution in [2.75, 3.05) is 13.1 Å². The third-order valence-corrected chi connectivity index (χ3v) is 3.92. The smallest absolute Gasteiger partial charge is 0.178 e. The number of benzene rings is 1. The van der Waals surface area contributed by atoms with Crippen LogP contribution in [0.5, 0.6) is 0 Å². The molecule has 1 aliphatic rings. The van der Waals surface area contributed by atoms with Crippen molar-refractivity contribution in [2.24, 2.45) is 0 Å². The second kappa shape index (κ2) is 4.72. The Morgan fingerprint density at radius 1 is 1.15 bits per heavy atom. The lowest BCUT2D eigenvalue weighted by molar-refractivity contribution is 0.444. The Morgan fingerprint density at radius 2 is 2.00 bits per heavy atom. The summed E-state index contributed by atoms with van der Waals surface area (Å²) in [6.07, 6.45) is 4.09. The molecule has 0 radical (unpaired) electrons. The lowest BCUT2D eigenvalue weighted by Crippen LogP contribution is -2.27. The van der Waals surface area contributed by atoms with Crippen LogP contribution >= 0.6 is 0 Å². The summed E-state index contributed by atoms with van der Waals surface area (Å²) in [6, 6.07) is 8.14. The van der Waals surface area contributed by atoms with Gasteiger partial charge in [-0.2, -0.15) is 0 Å². The summed E-state index contributed by atoms with van der Waals surface area (Å²) < 4.78 is 0. The molecule has 0 atom stereocenters. The highest BCUT2D eigenvalue weighted by Gasteiger charge is 2.20. The second-order valence-corrected chi connectivity index (χ2v) is 5.18. The average Bonchev–Trinajstić information content (AvgIpc) is 3.14. The first-order chi connectivity index (χ1) is 9.92. The summed E-state index contributed by atoms with van der Waals surface area (Å²) in [5.74, 6) is 1.28. The van der Waals surface area contributed by atoms with Gasteiger partial charge in [-0.25, -0.2) is 0 Å². The molecule has 4 rings (SSSR count). The third-order valence-electron chi connectivity index (χ3n) is 3.92. The molecule has 1 aromatic carbocycles. The minimum absolute atomic E-state index is 0.426. The molecule has 1 fully saturated rings. The second-order valence-electron chi connectivity index (χ2n) is 5.18. The summed E-state index contributed by atoms with van der Waals surface area (Å²) in [6.45, 7) is 2.07. The molecule has 102 valence electrons. The van der Waals surface area contributed by atoms with Crippen molar-refractivity contribution in [3.8, 4) is 5.69 Å². The van der Waals surface area contributed by atoms with E-state index in [1.54, 1.807) is 4.80 Å². The van der Waals surface area contributed by atoms with E-state index < -0.39 is 0 Å². The van der Waals surface area contributed by atoms with E-state index in [0.29, 0.717) is 5.92 Å². The summed E-state index contributed by atoms with van der Waals surface area (Å²) >= 11 is 0. The van der Waals surface area contributed by atoms with Crippen LogP contribution in [0.4, 0.5) is 0 Å². The van der Waals surface area contributed by atoms with Gasteiger partial charge in [0.15, 0.2) is 5.82 Å². The number of aromatic amines is 1. The van der Waals surface area contributed by atoms with Gasteiger partial charge in [-0.3, -0.25) is 0 Å². The number of hydrogen-bond acceptors (Lipinski definition) is 4. The number of fused-ring (bicyclic) bond motifs is 1. The van der Waals surface area contributed by atoms with E-state index >= 15 is 0 Å². The minimum Gasteiger partial charge on any atom is -0.359 e. The monoisotopic (exact) mass is 268 g/mol. The first kappa shape index (κ1) is 11.6. The van der Waals surface area contributed by atoms with E-state index in [9.17, 15) is 0 Å². The van der Waals surface area contributed by atoms with Gasteiger partial charge in [-0.1, -0.05) is 18.2 Å². The normalized spacial score (nSPS) is 16.8. The molecule has 0 aliphatic carbocycles. The lowest BCUT2D eigenvalue weighted by Gasteiger charge is -2.18. The topological polar surface area (TPSA) is 71.4 Å². The number of nitrogens with one attached hydrogen (secondary N) is 2. The molecule has 0 bridgehead atoms. The maximum atomic E-state index is 4.57. The van der Waals surface area contributed by atoms with E-state index in [1.165, 1.54) is 0 Å². The Labute approximate surface area is 116 Å². The molecule has 2 N–H and O–H groups in total. The van der Waals surface area contributed by atoms with Crippen LogP contribution in [0, 0.1) is 0 Å². The minimum atomic E-state index is 0.426. The molecule has 6 nitrogen and oxygen atoms in total. The predicted octanol–water partition coefficient (Wildman–Crippen LogP) is 1.61. The maximum Gasteiger partial charge on any atom is 0.178 e. The van der Waals surface area contributed by atoms with Gasteiger partial charge in [0.05, 0.1) is 0 Å². The van der Waals surface area contributed by atoms with Crippen LogP contribution < -0.4 is 5.32 Å². The summed E-state index contributed by atoms with van der Waals surface area (Å²) in [5.41, 5.74) is 2.04. The quantitative estimate of drug-likeness (QED) is 0.740. The van der Waals surface area contributed by atoms with Crippen LogP contribution in [0.25, 0.3) is 16.6 Å². The van der Waals surface area contributed by atoms with Gasteiger partial charge in [0, 0.05) is 23.0 Å². The molecular formula is C14H16N6. The van der Waals surface area contributed by atoms with Gasteiger partial charge in [0.1, 0.15) is 5.69 Å². The molecule has 3 heterocycles. The first-order valence-corrected chi connectivity index (χ1v) is 6.99. The number of nitrogens with zero attached hydrogens (tertiary/aromatic N) is 4.